The third-order valence-corrected chi connectivity index (χ3v) is 3.61. The van der Waals surface area contributed by atoms with Crippen molar-refractivity contribution in [3.63, 3.8) is 0 Å². The number of aromatic hydroxyl groups is 2. The standard InChI is InChI=1S/C12H16FNO2/c13-9-5-8(6-10(15)11(9)16)12(7-14)3-1-2-4-12/h5-6,15-16H,1-4,7,14H2. The molecule has 0 spiro atoms. The second kappa shape index (κ2) is 3.94. The molecule has 0 saturated heterocycles. The van der Waals surface area contributed by atoms with Gasteiger partial charge in [0.05, 0.1) is 0 Å². The number of hydrogen-bond acceptors (Lipinski definition) is 3. The monoisotopic (exact) mass is 225 g/mol. The van der Waals surface area contributed by atoms with Gasteiger partial charge in [-0.15, -0.1) is 0 Å². The van der Waals surface area contributed by atoms with Gasteiger partial charge in [0.1, 0.15) is 0 Å². The van der Waals surface area contributed by atoms with Gasteiger partial charge in [-0.3, -0.25) is 0 Å². The van der Waals surface area contributed by atoms with E-state index in [1.165, 1.54) is 12.1 Å². The molecule has 0 radical (unpaired) electrons. The van der Waals surface area contributed by atoms with Gasteiger partial charge in [0.15, 0.2) is 17.3 Å². The van der Waals surface area contributed by atoms with E-state index < -0.39 is 17.3 Å². The van der Waals surface area contributed by atoms with E-state index in [0.717, 1.165) is 25.7 Å². The zero-order chi connectivity index (χ0) is 11.8. The first kappa shape index (κ1) is 11.2. The first-order chi connectivity index (χ1) is 7.59. The number of halogens is 1. The number of nitrogens with two attached hydrogens (primary N) is 1. The lowest BCUT2D eigenvalue weighted by Crippen LogP contribution is -2.32. The molecule has 0 unspecified atom stereocenters. The van der Waals surface area contributed by atoms with Crippen molar-refractivity contribution in [2.24, 2.45) is 5.73 Å². The van der Waals surface area contributed by atoms with E-state index in [2.05, 4.69) is 0 Å². The van der Waals surface area contributed by atoms with Crippen LogP contribution in [0.2, 0.25) is 0 Å². The molecule has 16 heavy (non-hydrogen) atoms. The molecule has 0 aromatic heterocycles. The van der Waals surface area contributed by atoms with E-state index in [0.29, 0.717) is 12.1 Å². The molecular weight excluding hydrogens is 209 g/mol. The SMILES string of the molecule is NCC1(c2cc(O)c(O)c(F)c2)CCCC1. The van der Waals surface area contributed by atoms with E-state index in [9.17, 15) is 14.6 Å². The lowest BCUT2D eigenvalue weighted by molar-refractivity contribution is 0.372. The van der Waals surface area contributed by atoms with E-state index in [1.54, 1.807) is 0 Å². The Morgan fingerprint density at radius 3 is 2.38 bits per heavy atom. The molecule has 0 heterocycles. The zero-order valence-corrected chi connectivity index (χ0v) is 9.04. The summed E-state index contributed by atoms with van der Waals surface area (Å²) in [5.41, 5.74) is 6.24. The number of phenols is 2. The second-order valence-corrected chi connectivity index (χ2v) is 4.52. The first-order valence-corrected chi connectivity index (χ1v) is 5.51. The van der Waals surface area contributed by atoms with Crippen molar-refractivity contribution in [3.8, 4) is 11.5 Å². The molecule has 0 atom stereocenters. The second-order valence-electron chi connectivity index (χ2n) is 4.52. The topological polar surface area (TPSA) is 66.5 Å². The number of rotatable bonds is 2. The van der Waals surface area contributed by atoms with Gasteiger partial charge >= 0.3 is 0 Å². The largest absolute Gasteiger partial charge is 0.504 e. The molecule has 1 fully saturated rings. The van der Waals surface area contributed by atoms with Crippen LogP contribution >= 0.6 is 0 Å². The maximum atomic E-state index is 13.3. The number of benzene rings is 1. The fourth-order valence-electron chi connectivity index (χ4n) is 2.55. The lowest BCUT2D eigenvalue weighted by Gasteiger charge is -2.28. The van der Waals surface area contributed by atoms with Crippen LogP contribution in [-0.2, 0) is 5.41 Å². The Balaban J connectivity index is 2.47. The highest BCUT2D eigenvalue weighted by molar-refractivity contribution is 5.45. The van der Waals surface area contributed by atoms with Crippen molar-refractivity contribution < 1.29 is 14.6 Å². The van der Waals surface area contributed by atoms with Gasteiger partial charge in [0, 0.05) is 12.0 Å². The summed E-state index contributed by atoms with van der Waals surface area (Å²) in [6, 6.07) is 2.71. The van der Waals surface area contributed by atoms with Crippen LogP contribution in [0.15, 0.2) is 12.1 Å². The Morgan fingerprint density at radius 1 is 1.25 bits per heavy atom. The van der Waals surface area contributed by atoms with Crippen molar-refractivity contribution in [3.05, 3.63) is 23.5 Å². The summed E-state index contributed by atoms with van der Waals surface area (Å²) in [5, 5.41) is 18.6. The maximum Gasteiger partial charge on any atom is 0.194 e. The lowest BCUT2D eigenvalue weighted by atomic mass is 9.79. The van der Waals surface area contributed by atoms with Crippen LogP contribution in [0.1, 0.15) is 31.2 Å². The predicted molar refractivity (Wildman–Crippen MR) is 58.9 cm³/mol. The van der Waals surface area contributed by atoms with Crippen molar-refractivity contribution in [1.82, 2.24) is 0 Å². The maximum absolute atomic E-state index is 13.3. The van der Waals surface area contributed by atoms with Crippen LogP contribution in [-0.4, -0.2) is 16.8 Å². The highest BCUT2D eigenvalue weighted by atomic mass is 19.1. The minimum absolute atomic E-state index is 0.230. The summed E-state index contributed by atoms with van der Waals surface area (Å²) < 4.78 is 13.3. The van der Waals surface area contributed by atoms with Crippen LogP contribution in [0.4, 0.5) is 4.39 Å². The molecule has 2 rings (SSSR count). The molecule has 1 aliphatic rings. The van der Waals surface area contributed by atoms with Crippen LogP contribution < -0.4 is 5.73 Å². The number of phenolic OH excluding ortho intramolecular Hbond substituents is 2. The highest BCUT2D eigenvalue weighted by Gasteiger charge is 2.35. The van der Waals surface area contributed by atoms with Gasteiger partial charge in [-0.25, -0.2) is 4.39 Å². The Labute approximate surface area is 93.7 Å². The van der Waals surface area contributed by atoms with Gasteiger partial charge in [-0.05, 0) is 30.5 Å². The van der Waals surface area contributed by atoms with Gasteiger partial charge in [-0.2, -0.15) is 0 Å². The molecule has 0 bridgehead atoms. The third-order valence-electron chi connectivity index (χ3n) is 3.61. The van der Waals surface area contributed by atoms with Crippen LogP contribution in [0.5, 0.6) is 11.5 Å². The summed E-state index contributed by atoms with van der Waals surface area (Å²) in [4.78, 5) is 0. The average molecular weight is 225 g/mol. The van der Waals surface area contributed by atoms with E-state index in [-0.39, 0.29) is 5.41 Å². The molecule has 0 amide bonds. The molecule has 3 nitrogen and oxygen atoms in total. The van der Waals surface area contributed by atoms with Gasteiger partial charge in [-0.1, -0.05) is 12.8 Å². The molecule has 1 aromatic carbocycles. The smallest absolute Gasteiger partial charge is 0.194 e. The fraction of sp³-hybridized carbons (Fsp3) is 0.500. The molecule has 4 N–H and O–H groups in total. The van der Waals surface area contributed by atoms with Crippen LogP contribution in [0, 0.1) is 5.82 Å². The molecule has 1 saturated carbocycles. The summed E-state index contributed by atoms with van der Waals surface area (Å²) in [7, 11) is 0. The summed E-state index contributed by atoms with van der Waals surface area (Å²) in [6.45, 7) is 0.441. The number of hydrogen-bond donors (Lipinski definition) is 3. The van der Waals surface area contributed by atoms with Gasteiger partial charge < -0.3 is 15.9 Å². The van der Waals surface area contributed by atoms with Crippen LogP contribution in [0.25, 0.3) is 0 Å². The zero-order valence-electron chi connectivity index (χ0n) is 9.04. The predicted octanol–water partition coefficient (Wildman–Crippen LogP) is 2.01. The van der Waals surface area contributed by atoms with E-state index in [1.807, 2.05) is 0 Å². The molecule has 1 aliphatic carbocycles. The van der Waals surface area contributed by atoms with E-state index in [4.69, 9.17) is 5.73 Å². The average Bonchev–Trinajstić information content (AvgIpc) is 2.75. The van der Waals surface area contributed by atoms with Crippen molar-refractivity contribution >= 4 is 0 Å². The normalized spacial score (nSPS) is 18.9. The Bertz CT molecular complexity index is 377. The summed E-state index contributed by atoms with van der Waals surface area (Å²) in [6.07, 6.45) is 3.96. The van der Waals surface area contributed by atoms with Crippen molar-refractivity contribution in [2.45, 2.75) is 31.1 Å². The molecule has 0 aliphatic heterocycles. The Kier molecular flexibility index (Phi) is 2.76. The minimum Gasteiger partial charge on any atom is -0.504 e. The Morgan fingerprint density at radius 2 is 1.88 bits per heavy atom. The van der Waals surface area contributed by atoms with Crippen LogP contribution in [0.3, 0.4) is 0 Å². The molecule has 4 heteroatoms. The quantitative estimate of drug-likeness (QED) is 0.674. The van der Waals surface area contributed by atoms with E-state index >= 15 is 0 Å². The van der Waals surface area contributed by atoms with Crippen molar-refractivity contribution in [2.75, 3.05) is 6.54 Å². The fourth-order valence-corrected chi connectivity index (χ4v) is 2.55. The molecule has 88 valence electrons. The van der Waals surface area contributed by atoms with Gasteiger partial charge in [0.2, 0.25) is 0 Å². The third kappa shape index (κ3) is 1.63. The summed E-state index contributed by atoms with van der Waals surface area (Å²) in [5.74, 6) is -1.88. The van der Waals surface area contributed by atoms with Gasteiger partial charge in [0.25, 0.3) is 0 Å². The first-order valence-electron chi connectivity index (χ1n) is 5.51. The molecular formula is C12H16FNO2. The van der Waals surface area contributed by atoms with Crippen molar-refractivity contribution in [1.29, 1.82) is 0 Å². The summed E-state index contributed by atoms with van der Waals surface area (Å²) >= 11 is 0. The highest BCUT2D eigenvalue weighted by Crippen LogP contribution is 2.43. The molecule has 1 aromatic rings. The Hall–Kier alpha value is -1.29. The minimum atomic E-state index is -0.783.